The third kappa shape index (κ3) is 2.45. The van der Waals surface area contributed by atoms with E-state index in [1.807, 2.05) is 18.2 Å². The molecule has 0 heterocycles. The quantitative estimate of drug-likeness (QED) is 0.855. The van der Waals surface area contributed by atoms with Crippen LogP contribution in [0.25, 0.3) is 0 Å². The zero-order valence-corrected chi connectivity index (χ0v) is 9.78. The number of nitrogens with one attached hydrogen (secondary N) is 1. The summed E-state index contributed by atoms with van der Waals surface area (Å²) in [6.07, 6.45) is 2.04. The predicted molar refractivity (Wildman–Crippen MR) is 62.4 cm³/mol. The summed E-state index contributed by atoms with van der Waals surface area (Å²) in [6, 6.07) is 5.47. The summed E-state index contributed by atoms with van der Waals surface area (Å²) in [4.78, 5) is 0. The average molecular weight is 246 g/mol. The van der Waals surface area contributed by atoms with Crippen LogP contribution in [0.3, 0.4) is 0 Å². The lowest BCUT2D eigenvalue weighted by atomic mass is 10.2. The van der Waals surface area contributed by atoms with Gasteiger partial charge < -0.3 is 10.4 Å². The molecular weight excluding hydrogens is 233 g/mol. The number of aliphatic hydroxyl groups is 1. The van der Waals surface area contributed by atoms with E-state index in [0.29, 0.717) is 16.6 Å². The molecule has 15 heavy (non-hydrogen) atoms. The van der Waals surface area contributed by atoms with E-state index in [-0.39, 0.29) is 12.1 Å². The topological polar surface area (TPSA) is 32.3 Å². The molecule has 2 rings (SSSR count). The zero-order valence-electron chi connectivity index (χ0n) is 8.26. The van der Waals surface area contributed by atoms with Gasteiger partial charge in [-0.1, -0.05) is 29.3 Å². The van der Waals surface area contributed by atoms with Crippen LogP contribution in [0.1, 0.15) is 18.4 Å². The minimum Gasteiger partial charge on any atom is -0.394 e. The molecule has 0 bridgehead atoms. The van der Waals surface area contributed by atoms with Crippen molar-refractivity contribution >= 4 is 23.2 Å². The highest BCUT2D eigenvalue weighted by molar-refractivity contribution is 6.35. The Balaban J connectivity index is 2.05. The number of halogens is 2. The molecule has 1 fully saturated rings. The van der Waals surface area contributed by atoms with Crippen LogP contribution in [0.5, 0.6) is 0 Å². The van der Waals surface area contributed by atoms with E-state index in [1.54, 1.807) is 0 Å². The van der Waals surface area contributed by atoms with Crippen molar-refractivity contribution in [3.63, 3.8) is 0 Å². The molecule has 0 spiro atoms. The van der Waals surface area contributed by atoms with Gasteiger partial charge in [0.2, 0.25) is 0 Å². The summed E-state index contributed by atoms with van der Waals surface area (Å²) in [5, 5.41) is 13.8. The molecule has 1 aromatic carbocycles. The van der Waals surface area contributed by atoms with Gasteiger partial charge in [-0.2, -0.15) is 0 Å². The second kappa shape index (κ2) is 4.30. The van der Waals surface area contributed by atoms with Crippen molar-refractivity contribution < 1.29 is 5.11 Å². The van der Waals surface area contributed by atoms with Crippen molar-refractivity contribution in [2.75, 3.05) is 6.61 Å². The minimum absolute atomic E-state index is 0.0809. The van der Waals surface area contributed by atoms with Gasteiger partial charge >= 0.3 is 0 Å². The number of benzene rings is 1. The molecular formula is C11H13Cl2NO. The Labute approximate surface area is 99.2 Å². The molecule has 0 saturated heterocycles. The van der Waals surface area contributed by atoms with Crippen LogP contribution in [-0.4, -0.2) is 17.3 Å². The van der Waals surface area contributed by atoms with Gasteiger partial charge in [-0.25, -0.2) is 0 Å². The third-order valence-electron chi connectivity index (χ3n) is 2.86. The maximum absolute atomic E-state index is 9.14. The Hall–Kier alpha value is -0.280. The molecule has 0 unspecified atom stereocenters. The fourth-order valence-corrected chi connectivity index (χ4v) is 2.05. The van der Waals surface area contributed by atoms with Crippen LogP contribution in [0, 0.1) is 0 Å². The molecule has 0 amide bonds. The normalized spacial score (nSPS) is 17.8. The SMILES string of the molecule is OCC1(NCc2c(Cl)cccc2Cl)CC1. The molecule has 1 aliphatic rings. The first-order valence-corrected chi connectivity index (χ1v) is 5.71. The monoisotopic (exact) mass is 245 g/mol. The highest BCUT2D eigenvalue weighted by atomic mass is 35.5. The van der Waals surface area contributed by atoms with E-state index >= 15 is 0 Å². The zero-order chi connectivity index (χ0) is 10.9. The van der Waals surface area contributed by atoms with Gasteiger partial charge in [0.25, 0.3) is 0 Å². The fourth-order valence-electron chi connectivity index (χ4n) is 1.52. The number of hydrogen-bond acceptors (Lipinski definition) is 2. The van der Waals surface area contributed by atoms with Gasteiger partial charge in [0, 0.05) is 27.7 Å². The first kappa shape index (κ1) is 11.2. The first-order valence-electron chi connectivity index (χ1n) is 4.96. The van der Waals surface area contributed by atoms with Crippen molar-refractivity contribution in [2.45, 2.75) is 24.9 Å². The Morgan fingerprint density at radius 1 is 1.27 bits per heavy atom. The van der Waals surface area contributed by atoms with Crippen molar-refractivity contribution in [2.24, 2.45) is 0 Å². The highest BCUT2D eigenvalue weighted by Gasteiger charge is 2.41. The lowest BCUT2D eigenvalue weighted by molar-refractivity contribution is 0.229. The smallest absolute Gasteiger partial charge is 0.0613 e. The number of rotatable bonds is 4. The van der Waals surface area contributed by atoms with Crippen molar-refractivity contribution in [3.8, 4) is 0 Å². The van der Waals surface area contributed by atoms with Crippen molar-refractivity contribution in [1.82, 2.24) is 5.32 Å². The summed E-state index contributed by atoms with van der Waals surface area (Å²) >= 11 is 12.1. The minimum atomic E-state index is -0.0809. The maximum Gasteiger partial charge on any atom is 0.0613 e. The molecule has 82 valence electrons. The Kier molecular flexibility index (Phi) is 3.21. The third-order valence-corrected chi connectivity index (χ3v) is 3.57. The van der Waals surface area contributed by atoms with E-state index in [1.165, 1.54) is 0 Å². The van der Waals surface area contributed by atoms with Gasteiger partial charge in [-0.05, 0) is 25.0 Å². The van der Waals surface area contributed by atoms with E-state index in [0.717, 1.165) is 18.4 Å². The van der Waals surface area contributed by atoms with Crippen LogP contribution in [0.15, 0.2) is 18.2 Å². The van der Waals surface area contributed by atoms with Gasteiger partial charge in [-0.15, -0.1) is 0 Å². The van der Waals surface area contributed by atoms with Crippen LogP contribution in [0.4, 0.5) is 0 Å². The van der Waals surface area contributed by atoms with E-state index in [2.05, 4.69) is 5.32 Å². The largest absolute Gasteiger partial charge is 0.394 e. The van der Waals surface area contributed by atoms with Crippen LogP contribution in [-0.2, 0) is 6.54 Å². The van der Waals surface area contributed by atoms with Crippen LogP contribution in [0.2, 0.25) is 10.0 Å². The number of hydrogen-bond donors (Lipinski definition) is 2. The molecule has 0 aromatic heterocycles. The Morgan fingerprint density at radius 3 is 2.33 bits per heavy atom. The molecule has 0 radical (unpaired) electrons. The van der Waals surface area contributed by atoms with E-state index in [9.17, 15) is 0 Å². The summed E-state index contributed by atoms with van der Waals surface area (Å²) in [7, 11) is 0. The van der Waals surface area contributed by atoms with Crippen LogP contribution >= 0.6 is 23.2 Å². The standard InChI is InChI=1S/C11H13Cl2NO/c12-9-2-1-3-10(13)8(9)6-14-11(7-15)4-5-11/h1-3,14-15H,4-7H2. The van der Waals surface area contributed by atoms with Gasteiger partial charge in [-0.3, -0.25) is 0 Å². The Bertz CT molecular complexity index is 343. The van der Waals surface area contributed by atoms with Crippen molar-refractivity contribution in [1.29, 1.82) is 0 Å². The second-order valence-electron chi connectivity index (χ2n) is 3.99. The molecule has 4 heteroatoms. The maximum atomic E-state index is 9.14. The first-order chi connectivity index (χ1) is 7.17. The molecule has 2 N–H and O–H groups in total. The second-order valence-corrected chi connectivity index (χ2v) is 4.81. The summed E-state index contributed by atoms with van der Waals surface area (Å²) < 4.78 is 0. The van der Waals surface area contributed by atoms with Crippen molar-refractivity contribution in [3.05, 3.63) is 33.8 Å². The summed E-state index contributed by atoms with van der Waals surface area (Å²) in [5.74, 6) is 0. The van der Waals surface area contributed by atoms with Crippen LogP contribution < -0.4 is 5.32 Å². The van der Waals surface area contributed by atoms with E-state index in [4.69, 9.17) is 28.3 Å². The fraction of sp³-hybridized carbons (Fsp3) is 0.455. The molecule has 2 nitrogen and oxygen atoms in total. The van der Waals surface area contributed by atoms with Gasteiger partial charge in [0.05, 0.1) is 6.61 Å². The molecule has 1 aliphatic carbocycles. The number of aliphatic hydroxyl groups excluding tert-OH is 1. The highest BCUT2D eigenvalue weighted by Crippen LogP contribution is 2.35. The summed E-state index contributed by atoms with van der Waals surface area (Å²) in [5.41, 5.74) is 0.822. The molecule has 0 aliphatic heterocycles. The lowest BCUT2D eigenvalue weighted by Crippen LogP contribution is -2.34. The average Bonchev–Trinajstić information content (AvgIpc) is 2.98. The predicted octanol–water partition coefficient (Wildman–Crippen LogP) is 2.61. The van der Waals surface area contributed by atoms with Gasteiger partial charge in [0.15, 0.2) is 0 Å². The molecule has 1 aromatic rings. The lowest BCUT2D eigenvalue weighted by Gasteiger charge is -2.15. The van der Waals surface area contributed by atoms with E-state index < -0.39 is 0 Å². The summed E-state index contributed by atoms with van der Waals surface area (Å²) in [6.45, 7) is 0.786. The Morgan fingerprint density at radius 2 is 1.87 bits per heavy atom. The van der Waals surface area contributed by atoms with Gasteiger partial charge in [0.1, 0.15) is 0 Å². The molecule has 0 atom stereocenters. The molecule has 1 saturated carbocycles.